The Morgan fingerprint density at radius 3 is 2.42 bits per heavy atom. The Kier molecular flexibility index (Phi) is 5.99. The molecule has 0 saturated heterocycles. The second kappa shape index (κ2) is 9.09. The minimum atomic E-state index is -4.67. The highest BCUT2D eigenvalue weighted by molar-refractivity contribution is 7.91. The second-order valence-electron chi connectivity index (χ2n) is 10.5. The van der Waals surface area contributed by atoms with Crippen molar-refractivity contribution >= 4 is 21.0 Å². The molecule has 2 aliphatic carbocycles. The van der Waals surface area contributed by atoms with Gasteiger partial charge in [-0.3, -0.25) is 0 Å². The van der Waals surface area contributed by atoms with E-state index < -0.39 is 32.8 Å². The molecular formula is C28H24F4N5O2S+. The van der Waals surface area contributed by atoms with Gasteiger partial charge in [-0.25, -0.2) is 18.0 Å². The number of aromatic nitrogens is 4. The van der Waals surface area contributed by atoms with Crippen molar-refractivity contribution in [1.29, 1.82) is 5.26 Å². The van der Waals surface area contributed by atoms with Crippen LogP contribution in [-0.4, -0.2) is 28.9 Å². The normalized spacial score (nSPS) is 16.7. The Morgan fingerprint density at radius 1 is 1.15 bits per heavy atom. The summed E-state index contributed by atoms with van der Waals surface area (Å²) in [6, 6.07) is 11.7. The van der Waals surface area contributed by atoms with Gasteiger partial charge in [-0.05, 0) is 59.7 Å². The monoisotopic (exact) mass is 570 g/mol. The Hall–Kier alpha value is -3.85. The molecule has 4 aromatic rings. The zero-order chi connectivity index (χ0) is 28.4. The molecule has 0 amide bonds. The molecule has 1 aromatic carbocycles. The van der Waals surface area contributed by atoms with Crippen molar-refractivity contribution in [1.82, 2.24) is 14.8 Å². The van der Waals surface area contributed by atoms with Crippen molar-refractivity contribution in [3.8, 4) is 28.7 Å². The van der Waals surface area contributed by atoms with Gasteiger partial charge in [0.15, 0.2) is 21.0 Å². The molecule has 206 valence electrons. The molecule has 0 N–H and O–H groups in total. The molecule has 0 radical (unpaired) electrons. The highest BCUT2D eigenvalue weighted by Gasteiger charge is 2.44. The Bertz CT molecular complexity index is 1800. The molecule has 2 fully saturated rings. The third-order valence-corrected chi connectivity index (χ3v) is 9.42. The van der Waals surface area contributed by atoms with Crippen LogP contribution in [-0.2, 0) is 28.0 Å². The summed E-state index contributed by atoms with van der Waals surface area (Å²) in [4.78, 5) is 8.26. The number of benzene rings is 1. The first kappa shape index (κ1) is 26.4. The van der Waals surface area contributed by atoms with Gasteiger partial charge in [0.2, 0.25) is 0 Å². The maximum absolute atomic E-state index is 15.9. The highest BCUT2D eigenvalue weighted by Crippen LogP contribution is 2.47. The number of alkyl halides is 3. The van der Waals surface area contributed by atoms with Gasteiger partial charge < -0.3 is 0 Å². The van der Waals surface area contributed by atoms with E-state index in [1.165, 1.54) is 23.8 Å². The van der Waals surface area contributed by atoms with Crippen LogP contribution in [0.2, 0.25) is 0 Å². The third kappa shape index (κ3) is 4.52. The van der Waals surface area contributed by atoms with Gasteiger partial charge in [-0.15, -0.1) is 0 Å². The van der Waals surface area contributed by atoms with Crippen molar-refractivity contribution in [2.24, 2.45) is 5.92 Å². The zero-order valence-corrected chi connectivity index (χ0v) is 22.2. The van der Waals surface area contributed by atoms with Crippen molar-refractivity contribution in [3.05, 3.63) is 59.9 Å². The SMILES string of the molecule is CCS(=O)(=O)c1cc(-c2ccc(C3(C#N)CC3)cc2)cnc1-c1nc2cc(C(F)(F)F)c[n+](CC3CC3)c2n1F. The van der Waals surface area contributed by atoms with Gasteiger partial charge in [-0.2, -0.15) is 23.4 Å². The first-order chi connectivity index (χ1) is 19.0. The smallest absolute Gasteiger partial charge is 0.248 e. The van der Waals surface area contributed by atoms with Crippen LogP contribution >= 0.6 is 0 Å². The van der Waals surface area contributed by atoms with Crippen LogP contribution in [0.5, 0.6) is 0 Å². The molecule has 3 aromatic heterocycles. The molecule has 0 spiro atoms. The van der Waals surface area contributed by atoms with Gasteiger partial charge in [0.25, 0.3) is 5.82 Å². The Morgan fingerprint density at radius 2 is 1.85 bits per heavy atom. The van der Waals surface area contributed by atoms with Gasteiger partial charge in [0, 0.05) is 16.2 Å². The molecule has 3 heterocycles. The fraction of sp³-hybridized carbons (Fsp3) is 0.357. The van der Waals surface area contributed by atoms with Crippen LogP contribution in [0.25, 0.3) is 33.8 Å². The van der Waals surface area contributed by atoms with Crippen LogP contribution in [0.3, 0.4) is 0 Å². The molecule has 2 saturated carbocycles. The topological polar surface area (TPSA) is 92.5 Å². The standard InChI is InChI=1S/C28H24F4N5O2S/c1-2-40(38,39)23-11-19(18-5-7-20(8-6-18)27(16-33)9-10-27)13-34-24(23)25-35-22-12-21(28(29,30)31)15-36(14-17-3-4-17)26(22)37(25)32/h5-8,11-13,15,17H,2-4,9-10,14H2,1H3/q+1. The molecule has 0 bridgehead atoms. The number of nitriles is 1. The van der Waals surface area contributed by atoms with E-state index in [-0.39, 0.29) is 44.8 Å². The summed E-state index contributed by atoms with van der Waals surface area (Å²) in [6.45, 7) is 1.63. The average molecular weight is 571 g/mol. The number of rotatable bonds is 7. The molecule has 7 nitrogen and oxygen atoms in total. The quantitative estimate of drug-likeness (QED) is 0.214. The van der Waals surface area contributed by atoms with Gasteiger partial charge >= 0.3 is 11.8 Å². The number of hydrogen-bond donors (Lipinski definition) is 0. The molecule has 6 rings (SSSR count). The zero-order valence-electron chi connectivity index (χ0n) is 21.4. The van der Waals surface area contributed by atoms with Gasteiger partial charge in [0.1, 0.15) is 6.20 Å². The summed E-state index contributed by atoms with van der Waals surface area (Å²) in [5, 5.41) is 9.46. The molecule has 0 aliphatic heterocycles. The first-order valence-electron chi connectivity index (χ1n) is 12.9. The van der Waals surface area contributed by atoms with E-state index in [9.17, 15) is 26.9 Å². The lowest BCUT2D eigenvalue weighted by Crippen LogP contribution is -2.38. The summed E-state index contributed by atoms with van der Waals surface area (Å²) >= 11 is 0. The van der Waals surface area contributed by atoms with E-state index >= 15 is 4.48 Å². The number of fused-ring (bicyclic) bond motifs is 1. The van der Waals surface area contributed by atoms with Crippen LogP contribution in [0.1, 0.15) is 43.7 Å². The number of halogens is 4. The predicted molar refractivity (Wildman–Crippen MR) is 137 cm³/mol. The minimum Gasteiger partial charge on any atom is -0.248 e. The lowest BCUT2D eigenvalue weighted by molar-refractivity contribution is -0.678. The van der Waals surface area contributed by atoms with E-state index in [4.69, 9.17) is 0 Å². The number of pyridine rings is 2. The minimum absolute atomic E-state index is 0.125. The summed E-state index contributed by atoms with van der Waals surface area (Å²) in [5.74, 6) is -0.656. The molecule has 12 heteroatoms. The second-order valence-corrected chi connectivity index (χ2v) is 12.7. The molecule has 0 atom stereocenters. The van der Waals surface area contributed by atoms with Crippen LogP contribution < -0.4 is 4.57 Å². The largest absolute Gasteiger partial charge is 0.419 e. The molecule has 2 aliphatic rings. The van der Waals surface area contributed by atoms with Crippen molar-refractivity contribution in [3.63, 3.8) is 0 Å². The lowest BCUT2D eigenvalue weighted by atomic mass is 9.95. The number of sulfone groups is 1. The number of hydrogen-bond acceptors (Lipinski definition) is 5. The van der Waals surface area contributed by atoms with E-state index in [1.807, 2.05) is 12.1 Å². The Labute approximate surface area is 227 Å². The van der Waals surface area contributed by atoms with Crippen LogP contribution in [0.15, 0.2) is 53.7 Å². The summed E-state index contributed by atoms with van der Waals surface area (Å²) in [5.41, 5.74) is -0.183. The first-order valence-corrected chi connectivity index (χ1v) is 14.6. The summed E-state index contributed by atoms with van der Waals surface area (Å²) in [6.07, 6.45) is 0.814. The Balaban J connectivity index is 1.49. The predicted octanol–water partition coefficient (Wildman–Crippen LogP) is 5.56. The maximum atomic E-state index is 15.9. The summed E-state index contributed by atoms with van der Waals surface area (Å²) in [7, 11) is -3.95. The van der Waals surface area contributed by atoms with E-state index in [2.05, 4.69) is 16.0 Å². The average Bonchev–Trinajstić information content (AvgIpc) is 3.87. The van der Waals surface area contributed by atoms with Gasteiger partial charge in [0.05, 0.1) is 34.2 Å². The van der Waals surface area contributed by atoms with Crippen molar-refractivity contribution in [2.45, 2.75) is 55.6 Å². The van der Waals surface area contributed by atoms with Gasteiger partial charge in [-0.1, -0.05) is 31.2 Å². The maximum Gasteiger partial charge on any atom is 0.419 e. The number of imidazole rings is 1. The fourth-order valence-electron chi connectivity index (χ4n) is 4.93. The molecular weight excluding hydrogens is 546 g/mol. The van der Waals surface area contributed by atoms with Crippen molar-refractivity contribution in [2.75, 3.05) is 5.75 Å². The van der Waals surface area contributed by atoms with Crippen LogP contribution in [0.4, 0.5) is 17.7 Å². The summed E-state index contributed by atoms with van der Waals surface area (Å²) < 4.78 is 84.2. The lowest BCUT2D eigenvalue weighted by Gasteiger charge is -2.11. The van der Waals surface area contributed by atoms with Crippen molar-refractivity contribution < 1.29 is 30.6 Å². The molecule has 0 unspecified atom stereocenters. The van der Waals surface area contributed by atoms with E-state index in [0.29, 0.717) is 11.1 Å². The molecule has 40 heavy (non-hydrogen) atoms. The van der Waals surface area contributed by atoms with Crippen LogP contribution in [0, 0.1) is 17.2 Å². The number of nitrogens with zero attached hydrogens (tertiary/aromatic N) is 5. The highest BCUT2D eigenvalue weighted by atomic mass is 32.2. The fourth-order valence-corrected chi connectivity index (χ4v) is 5.99. The van der Waals surface area contributed by atoms with E-state index in [1.54, 1.807) is 12.1 Å². The third-order valence-electron chi connectivity index (χ3n) is 7.68. The van der Waals surface area contributed by atoms with E-state index in [0.717, 1.165) is 43.5 Å².